The smallest absolute Gasteiger partial charge is 0.235 e. The molecule has 0 saturated carbocycles. The van der Waals surface area contributed by atoms with Gasteiger partial charge in [-0.15, -0.1) is 0 Å². The lowest BCUT2D eigenvalue weighted by molar-refractivity contribution is -0.400. The SMILES string of the molecule is COc1cc(/C=C/[N+](=O)[O-])cc(I)c1OCc1ccccc1Cl. The third-order valence-electron chi connectivity index (χ3n) is 2.97. The average molecular weight is 446 g/mol. The molecule has 0 N–H and O–H groups in total. The molecule has 0 saturated heterocycles. The highest BCUT2D eigenvalue weighted by molar-refractivity contribution is 14.1. The molecule has 0 aliphatic heterocycles. The van der Waals surface area contributed by atoms with Crippen LogP contribution in [0.2, 0.25) is 5.02 Å². The van der Waals surface area contributed by atoms with Gasteiger partial charge in [-0.3, -0.25) is 10.1 Å². The van der Waals surface area contributed by atoms with Crippen LogP contribution in [0, 0.1) is 13.7 Å². The van der Waals surface area contributed by atoms with Crippen LogP contribution in [0.25, 0.3) is 6.08 Å². The molecule has 0 heterocycles. The van der Waals surface area contributed by atoms with E-state index in [0.29, 0.717) is 28.7 Å². The van der Waals surface area contributed by atoms with Crippen LogP contribution in [0.3, 0.4) is 0 Å². The molecule has 23 heavy (non-hydrogen) atoms. The Morgan fingerprint density at radius 3 is 2.74 bits per heavy atom. The average Bonchev–Trinajstić information content (AvgIpc) is 2.52. The molecule has 0 aliphatic rings. The highest BCUT2D eigenvalue weighted by atomic mass is 127. The summed E-state index contributed by atoms with van der Waals surface area (Å²) < 4.78 is 11.9. The van der Waals surface area contributed by atoms with Gasteiger partial charge in [0.25, 0.3) is 0 Å². The molecule has 0 aromatic heterocycles. The monoisotopic (exact) mass is 445 g/mol. The van der Waals surface area contributed by atoms with E-state index in [4.69, 9.17) is 21.1 Å². The van der Waals surface area contributed by atoms with Crippen LogP contribution in [0.15, 0.2) is 42.6 Å². The quantitative estimate of drug-likeness (QED) is 0.365. The lowest BCUT2D eigenvalue weighted by atomic mass is 10.2. The standard InChI is InChI=1S/C16H13ClINO4/c1-22-15-9-11(6-7-19(20)21)8-14(18)16(15)23-10-12-4-2-3-5-13(12)17/h2-9H,10H2,1H3/b7-6+. The summed E-state index contributed by atoms with van der Waals surface area (Å²) in [6, 6.07) is 10.9. The summed E-state index contributed by atoms with van der Waals surface area (Å²) >= 11 is 8.22. The van der Waals surface area contributed by atoms with Gasteiger partial charge in [0, 0.05) is 16.7 Å². The van der Waals surface area contributed by atoms with Gasteiger partial charge in [0.1, 0.15) is 6.61 Å². The summed E-state index contributed by atoms with van der Waals surface area (Å²) in [5.41, 5.74) is 1.53. The molecule has 0 fully saturated rings. The molecule has 0 aliphatic carbocycles. The Kier molecular flexibility index (Phi) is 6.23. The first-order valence-electron chi connectivity index (χ1n) is 6.56. The number of hydrogen-bond donors (Lipinski definition) is 0. The summed E-state index contributed by atoms with van der Waals surface area (Å²) in [5.74, 6) is 1.08. The van der Waals surface area contributed by atoms with Crippen molar-refractivity contribution in [2.75, 3.05) is 7.11 Å². The highest BCUT2D eigenvalue weighted by Crippen LogP contribution is 2.35. The van der Waals surface area contributed by atoms with Gasteiger partial charge in [0.2, 0.25) is 6.20 Å². The van der Waals surface area contributed by atoms with Crippen LogP contribution in [0.5, 0.6) is 11.5 Å². The topological polar surface area (TPSA) is 61.6 Å². The number of halogens is 2. The van der Waals surface area contributed by atoms with Crippen molar-refractivity contribution in [2.24, 2.45) is 0 Å². The summed E-state index contributed by atoms with van der Waals surface area (Å²) in [7, 11) is 1.52. The predicted molar refractivity (Wildman–Crippen MR) is 97.5 cm³/mol. The molecule has 2 aromatic rings. The fourth-order valence-corrected chi connectivity index (χ4v) is 2.86. The normalized spacial score (nSPS) is 10.7. The molecule has 0 amide bonds. The van der Waals surface area contributed by atoms with E-state index in [1.165, 1.54) is 13.2 Å². The molecule has 0 radical (unpaired) electrons. The van der Waals surface area contributed by atoms with E-state index in [9.17, 15) is 10.1 Å². The van der Waals surface area contributed by atoms with E-state index in [1.807, 2.05) is 18.2 Å². The van der Waals surface area contributed by atoms with Gasteiger partial charge in [-0.25, -0.2) is 0 Å². The van der Waals surface area contributed by atoms with Gasteiger partial charge < -0.3 is 9.47 Å². The maximum atomic E-state index is 10.4. The second-order valence-corrected chi connectivity index (χ2v) is 6.08. The third kappa shape index (κ3) is 4.84. The van der Waals surface area contributed by atoms with E-state index < -0.39 is 4.92 Å². The lowest BCUT2D eigenvalue weighted by Gasteiger charge is -2.14. The fraction of sp³-hybridized carbons (Fsp3) is 0.125. The first-order valence-corrected chi connectivity index (χ1v) is 8.02. The van der Waals surface area contributed by atoms with Crippen LogP contribution in [-0.4, -0.2) is 12.0 Å². The fourth-order valence-electron chi connectivity index (χ4n) is 1.89. The molecule has 0 bridgehead atoms. The highest BCUT2D eigenvalue weighted by Gasteiger charge is 2.12. The van der Waals surface area contributed by atoms with Crippen molar-refractivity contribution in [3.05, 3.63) is 72.4 Å². The summed E-state index contributed by atoms with van der Waals surface area (Å²) in [5, 5.41) is 11.1. The molecule has 2 aromatic carbocycles. The molecule has 120 valence electrons. The molecular formula is C16H13ClINO4. The van der Waals surface area contributed by atoms with Gasteiger partial charge >= 0.3 is 0 Å². The minimum Gasteiger partial charge on any atom is -0.493 e. The van der Waals surface area contributed by atoms with E-state index in [0.717, 1.165) is 15.3 Å². The lowest BCUT2D eigenvalue weighted by Crippen LogP contribution is -2.00. The van der Waals surface area contributed by atoms with Gasteiger partial charge in [0.05, 0.1) is 15.6 Å². The minimum atomic E-state index is -0.513. The molecular weight excluding hydrogens is 433 g/mol. The number of rotatable bonds is 6. The Balaban J connectivity index is 2.24. The molecule has 0 unspecified atom stereocenters. The van der Waals surface area contributed by atoms with Crippen molar-refractivity contribution in [3.63, 3.8) is 0 Å². The van der Waals surface area contributed by atoms with Crippen molar-refractivity contribution in [2.45, 2.75) is 6.61 Å². The van der Waals surface area contributed by atoms with Gasteiger partial charge in [-0.2, -0.15) is 0 Å². The van der Waals surface area contributed by atoms with Crippen LogP contribution in [0.4, 0.5) is 0 Å². The Hall–Kier alpha value is -1.80. The number of hydrogen-bond acceptors (Lipinski definition) is 4. The maximum Gasteiger partial charge on any atom is 0.235 e. The number of nitrogens with zero attached hydrogens (tertiary/aromatic N) is 1. The Morgan fingerprint density at radius 1 is 1.35 bits per heavy atom. The maximum absolute atomic E-state index is 10.4. The molecule has 2 rings (SSSR count). The Labute approximate surface area is 152 Å². The zero-order valence-corrected chi connectivity index (χ0v) is 15.1. The second kappa shape index (κ2) is 8.16. The number of ether oxygens (including phenoxy) is 2. The van der Waals surface area contributed by atoms with Crippen molar-refractivity contribution >= 4 is 40.3 Å². The van der Waals surface area contributed by atoms with Gasteiger partial charge in [-0.05, 0) is 46.4 Å². The van der Waals surface area contributed by atoms with Crippen LogP contribution >= 0.6 is 34.2 Å². The molecule has 0 atom stereocenters. The summed E-state index contributed by atoms with van der Waals surface area (Å²) in [6.07, 6.45) is 2.29. The van der Waals surface area contributed by atoms with Crippen LogP contribution in [-0.2, 0) is 6.61 Å². The second-order valence-electron chi connectivity index (χ2n) is 4.52. The van der Waals surface area contributed by atoms with Crippen molar-refractivity contribution < 1.29 is 14.4 Å². The largest absolute Gasteiger partial charge is 0.493 e. The van der Waals surface area contributed by atoms with E-state index in [1.54, 1.807) is 18.2 Å². The van der Waals surface area contributed by atoms with Crippen molar-refractivity contribution in [1.82, 2.24) is 0 Å². The van der Waals surface area contributed by atoms with Crippen molar-refractivity contribution in [1.29, 1.82) is 0 Å². The van der Waals surface area contributed by atoms with Gasteiger partial charge in [0.15, 0.2) is 11.5 Å². The zero-order chi connectivity index (χ0) is 16.8. The Bertz CT molecular complexity index is 749. The number of benzene rings is 2. The first-order chi connectivity index (χ1) is 11.0. The number of methoxy groups -OCH3 is 1. The Morgan fingerprint density at radius 2 is 2.09 bits per heavy atom. The predicted octanol–water partition coefficient (Wildman–Crippen LogP) is 4.78. The minimum absolute atomic E-state index is 0.302. The molecule has 7 heteroatoms. The van der Waals surface area contributed by atoms with Crippen molar-refractivity contribution in [3.8, 4) is 11.5 Å². The van der Waals surface area contributed by atoms with Crippen LogP contribution < -0.4 is 9.47 Å². The molecule has 0 spiro atoms. The van der Waals surface area contributed by atoms with E-state index in [-0.39, 0.29) is 0 Å². The van der Waals surface area contributed by atoms with E-state index >= 15 is 0 Å². The zero-order valence-electron chi connectivity index (χ0n) is 12.2. The van der Waals surface area contributed by atoms with Gasteiger partial charge in [-0.1, -0.05) is 29.8 Å². The summed E-state index contributed by atoms with van der Waals surface area (Å²) in [4.78, 5) is 9.91. The first kappa shape index (κ1) is 17.6. The summed E-state index contributed by atoms with van der Waals surface area (Å²) in [6.45, 7) is 0.302. The van der Waals surface area contributed by atoms with Crippen LogP contribution in [0.1, 0.15) is 11.1 Å². The number of nitro groups is 1. The third-order valence-corrected chi connectivity index (χ3v) is 4.14. The van der Waals surface area contributed by atoms with E-state index in [2.05, 4.69) is 22.6 Å². The molecule has 5 nitrogen and oxygen atoms in total.